The number of carbonyl (C=O) groups excluding carboxylic acids is 1. The molecule has 1 aromatic heterocycles. The molecule has 1 fully saturated rings. The van der Waals surface area contributed by atoms with Gasteiger partial charge < -0.3 is 4.90 Å². The maximum Gasteiger partial charge on any atom is 0.272 e. The summed E-state index contributed by atoms with van der Waals surface area (Å²) in [5.74, 6) is 0.128. The molecule has 1 aliphatic carbocycles. The van der Waals surface area contributed by atoms with E-state index in [2.05, 4.69) is 21.0 Å². The van der Waals surface area contributed by atoms with Crippen molar-refractivity contribution in [3.63, 3.8) is 0 Å². The van der Waals surface area contributed by atoms with E-state index in [-0.39, 0.29) is 5.91 Å². The fourth-order valence-electron chi connectivity index (χ4n) is 2.34. The third kappa shape index (κ3) is 2.76. The SMILES string of the molecule is Cc1cc(C(=O)N(CCCBr)C2CCC2)n(C)n1. The van der Waals surface area contributed by atoms with Gasteiger partial charge in [0.15, 0.2) is 0 Å². The van der Waals surface area contributed by atoms with E-state index >= 15 is 0 Å². The molecular formula is C13H20BrN3O. The number of amides is 1. The van der Waals surface area contributed by atoms with Gasteiger partial charge in [0.1, 0.15) is 5.69 Å². The van der Waals surface area contributed by atoms with E-state index < -0.39 is 0 Å². The van der Waals surface area contributed by atoms with E-state index in [0.29, 0.717) is 11.7 Å². The van der Waals surface area contributed by atoms with Crippen molar-refractivity contribution in [1.82, 2.24) is 14.7 Å². The molecular weight excluding hydrogens is 294 g/mol. The number of hydrogen-bond acceptors (Lipinski definition) is 2. The standard InChI is InChI=1S/C13H20BrN3O/c1-10-9-12(16(2)15-10)13(18)17(8-4-7-14)11-5-3-6-11/h9,11H,3-8H2,1-2H3. The number of aryl methyl sites for hydroxylation is 2. The Hall–Kier alpha value is -0.840. The average molecular weight is 314 g/mol. The van der Waals surface area contributed by atoms with E-state index in [1.165, 1.54) is 6.42 Å². The van der Waals surface area contributed by atoms with Crippen molar-refractivity contribution in [3.8, 4) is 0 Å². The molecule has 1 saturated carbocycles. The summed E-state index contributed by atoms with van der Waals surface area (Å²) in [6.45, 7) is 2.75. The Morgan fingerprint density at radius 3 is 2.78 bits per heavy atom. The van der Waals surface area contributed by atoms with Gasteiger partial charge >= 0.3 is 0 Å². The van der Waals surface area contributed by atoms with Crippen LogP contribution in [0.25, 0.3) is 0 Å². The Morgan fingerprint density at radius 2 is 2.33 bits per heavy atom. The summed E-state index contributed by atoms with van der Waals surface area (Å²) in [7, 11) is 1.84. The molecule has 0 aromatic carbocycles. The molecule has 1 heterocycles. The first-order valence-electron chi connectivity index (χ1n) is 6.51. The summed E-state index contributed by atoms with van der Waals surface area (Å²) in [6, 6.07) is 2.31. The largest absolute Gasteiger partial charge is 0.334 e. The van der Waals surface area contributed by atoms with E-state index in [0.717, 1.165) is 36.8 Å². The molecule has 18 heavy (non-hydrogen) atoms. The van der Waals surface area contributed by atoms with Crippen molar-refractivity contribution in [2.45, 2.75) is 38.6 Å². The highest BCUT2D eigenvalue weighted by molar-refractivity contribution is 9.09. The van der Waals surface area contributed by atoms with Crippen molar-refractivity contribution in [1.29, 1.82) is 0 Å². The predicted octanol–water partition coefficient (Wildman–Crippen LogP) is 2.51. The minimum Gasteiger partial charge on any atom is -0.334 e. The van der Waals surface area contributed by atoms with Crippen LogP contribution in [0.2, 0.25) is 0 Å². The first-order chi connectivity index (χ1) is 8.63. The summed E-state index contributed by atoms with van der Waals surface area (Å²) in [5, 5.41) is 5.20. The van der Waals surface area contributed by atoms with Gasteiger partial charge in [-0.2, -0.15) is 5.10 Å². The minimum atomic E-state index is 0.128. The molecule has 0 N–H and O–H groups in total. The molecule has 4 nitrogen and oxygen atoms in total. The molecule has 1 aliphatic rings. The molecule has 0 aliphatic heterocycles. The number of rotatable bonds is 5. The molecule has 0 unspecified atom stereocenters. The zero-order chi connectivity index (χ0) is 13.1. The average Bonchev–Trinajstić information content (AvgIpc) is 2.60. The van der Waals surface area contributed by atoms with Crippen LogP contribution in [0.4, 0.5) is 0 Å². The van der Waals surface area contributed by atoms with E-state index in [1.54, 1.807) is 4.68 Å². The van der Waals surface area contributed by atoms with Crippen molar-refractivity contribution in [2.75, 3.05) is 11.9 Å². The highest BCUT2D eigenvalue weighted by Crippen LogP contribution is 2.26. The molecule has 0 radical (unpaired) electrons. The monoisotopic (exact) mass is 313 g/mol. The topological polar surface area (TPSA) is 38.1 Å². The zero-order valence-electron chi connectivity index (χ0n) is 11.0. The van der Waals surface area contributed by atoms with Crippen LogP contribution in [-0.2, 0) is 7.05 Å². The lowest BCUT2D eigenvalue weighted by molar-refractivity contribution is 0.0570. The molecule has 2 rings (SSSR count). The number of hydrogen-bond donors (Lipinski definition) is 0. The van der Waals surface area contributed by atoms with E-state index in [1.807, 2.05) is 24.9 Å². The van der Waals surface area contributed by atoms with Crippen LogP contribution < -0.4 is 0 Å². The van der Waals surface area contributed by atoms with E-state index in [4.69, 9.17) is 0 Å². The molecule has 100 valence electrons. The van der Waals surface area contributed by atoms with Gasteiger partial charge in [-0.1, -0.05) is 15.9 Å². The van der Waals surface area contributed by atoms with Gasteiger partial charge in [0, 0.05) is 25.0 Å². The molecule has 1 amide bonds. The first-order valence-corrected chi connectivity index (χ1v) is 7.63. The van der Waals surface area contributed by atoms with Gasteiger partial charge in [0.2, 0.25) is 0 Å². The summed E-state index contributed by atoms with van der Waals surface area (Å²) in [6.07, 6.45) is 4.53. The third-order valence-corrected chi connectivity index (χ3v) is 4.09. The van der Waals surface area contributed by atoms with Crippen LogP contribution in [0.3, 0.4) is 0 Å². The Balaban J connectivity index is 2.13. The van der Waals surface area contributed by atoms with Gasteiger partial charge in [-0.05, 0) is 38.7 Å². The van der Waals surface area contributed by atoms with Crippen LogP contribution in [-0.4, -0.2) is 38.5 Å². The Morgan fingerprint density at radius 1 is 1.61 bits per heavy atom. The number of nitrogens with zero attached hydrogens (tertiary/aromatic N) is 3. The van der Waals surface area contributed by atoms with Crippen molar-refractivity contribution >= 4 is 21.8 Å². The maximum absolute atomic E-state index is 12.6. The van der Waals surface area contributed by atoms with Gasteiger partial charge in [-0.15, -0.1) is 0 Å². The second kappa shape index (κ2) is 5.87. The zero-order valence-corrected chi connectivity index (χ0v) is 12.6. The van der Waals surface area contributed by atoms with Crippen LogP contribution in [0, 0.1) is 6.92 Å². The second-order valence-corrected chi connectivity index (χ2v) is 5.71. The highest BCUT2D eigenvalue weighted by atomic mass is 79.9. The molecule has 0 bridgehead atoms. The van der Waals surface area contributed by atoms with Crippen LogP contribution >= 0.6 is 15.9 Å². The lowest BCUT2D eigenvalue weighted by Crippen LogP contribution is -2.45. The molecule has 0 spiro atoms. The smallest absolute Gasteiger partial charge is 0.272 e. The Labute approximate surface area is 116 Å². The van der Waals surface area contributed by atoms with Gasteiger partial charge in [-0.3, -0.25) is 9.48 Å². The number of aromatic nitrogens is 2. The fourth-order valence-corrected chi connectivity index (χ4v) is 2.59. The van der Waals surface area contributed by atoms with Crippen molar-refractivity contribution < 1.29 is 4.79 Å². The van der Waals surface area contributed by atoms with Crippen LogP contribution in [0.15, 0.2) is 6.07 Å². The van der Waals surface area contributed by atoms with Gasteiger partial charge in [0.25, 0.3) is 5.91 Å². The minimum absolute atomic E-state index is 0.128. The third-order valence-electron chi connectivity index (χ3n) is 3.53. The summed E-state index contributed by atoms with van der Waals surface area (Å²) in [4.78, 5) is 14.6. The number of alkyl halides is 1. The van der Waals surface area contributed by atoms with Crippen LogP contribution in [0.5, 0.6) is 0 Å². The second-order valence-electron chi connectivity index (χ2n) is 4.92. The number of halogens is 1. The van der Waals surface area contributed by atoms with Gasteiger partial charge in [-0.25, -0.2) is 0 Å². The fraction of sp³-hybridized carbons (Fsp3) is 0.692. The summed E-state index contributed by atoms with van der Waals surface area (Å²) < 4.78 is 1.69. The lowest BCUT2D eigenvalue weighted by Gasteiger charge is -2.37. The molecule has 1 aromatic rings. The first kappa shape index (κ1) is 13.6. The Bertz CT molecular complexity index is 426. The quantitative estimate of drug-likeness (QED) is 0.783. The van der Waals surface area contributed by atoms with E-state index in [9.17, 15) is 4.79 Å². The predicted molar refractivity (Wildman–Crippen MR) is 75.0 cm³/mol. The summed E-state index contributed by atoms with van der Waals surface area (Å²) >= 11 is 3.44. The molecule has 0 atom stereocenters. The molecule has 5 heteroatoms. The summed E-state index contributed by atoms with van der Waals surface area (Å²) in [5.41, 5.74) is 1.60. The maximum atomic E-state index is 12.6. The highest BCUT2D eigenvalue weighted by Gasteiger charge is 2.30. The van der Waals surface area contributed by atoms with Gasteiger partial charge in [0.05, 0.1) is 5.69 Å². The number of carbonyl (C=O) groups is 1. The lowest BCUT2D eigenvalue weighted by atomic mass is 9.91. The van der Waals surface area contributed by atoms with Crippen molar-refractivity contribution in [3.05, 3.63) is 17.5 Å². The normalized spacial score (nSPS) is 15.5. The molecule has 0 saturated heterocycles. The van der Waals surface area contributed by atoms with Crippen LogP contribution in [0.1, 0.15) is 41.9 Å². The van der Waals surface area contributed by atoms with Crippen molar-refractivity contribution in [2.24, 2.45) is 7.05 Å². The Kier molecular flexibility index (Phi) is 4.43.